The lowest BCUT2D eigenvalue weighted by molar-refractivity contribution is -0.145. The Balaban J connectivity index is 2.47. The fraction of sp³-hybridized carbons (Fsp3) is 0.643. The first kappa shape index (κ1) is 14.2. The lowest BCUT2D eigenvalue weighted by atomic mass is 9.98. The summed E-state index contributed by atoms with van der Waals surface area (Å²) in [7, 11) is 0. The van der Waals surface area contributed by atoms with Crippen molar-refractivity contribution in [2.45, 2.75) is 46.0 Å². The summed E-state index contributed by atoms with van der Waals surface area (Å²) in [5, 5.41) is 2.07. The summed E-state index contributed by atoms with van der Waals surface area (Å²) in [6, 6.07) is 4.16. The molecule has 0 radical (unpaired) electrons. The molecule has 0 aliphatic carbocycles. The molecule has 0 fully saturated rings. The Morgan fingerprint density at radius 3 is 2.76 bits per heavy atom. The van der Waals surface area contributed by atoms with Crippen molar-refractivity contribution < 1.29 is 9.53 Å². The van der Waals surface area contributed by atoms with Crippen molar-refractivity contribution in [1.29, 1.82) is 0 Å². The molecule has 3 heteroatoms. The zero-order valence-electron chi connectivity index (χ0n) is 10.9. The Morgan fingerprint density at radius 2 is 2.24 bits per heavy atom. The van der Waals surface area contributed by atoms with Crippen LogP contribution in [-0.2, 0) is 9.53 Å². The lowest BCUT2D eigenvalue weighted by Crippen LogP contribution is -2.13. The van der Waals surface area contributed by atoms with Gasteiger partial charge in [-0.15, -0.1) is 11.3 Å². The van der Waals surface area contributed by atoms with Crippen LogP contribution in [0.4, 0.5) is 0 Å². The second kappa shape index (κ2) is 7.49. The van der Waals surface area contributed by atoms with Gasteiger partial charge in [-0.3, -0.25) is 4.79 Å². The minimum absolute atomic E-state index is 0.0643. The van der Waals surface area contributed by atoms with Gasteiger partial charge < -0.3 is 4.74 Å². The number of ether oxygens (including phenoxy) is 1. The fourth-order valence-corrected chi connectivity index (χ4v) is 2.60. The molecule has 1 aromatic heterocycles. The van der Waals surface area contributed by atoms with Crippen molar-refractivity contribution in [2.75, 3.05) is 6.61 Å². The van der Waals surface area contributed by atoms with Crippen LogP contribution in [-0.4, -0.2) is 12.6 Å². The SMILES string of the molecule is CCCC(CC(=O)OCC(C)C)c1cccs1. The monoisotopic (exact) mass is 254 g/mol. The molecule has 0 aliphatic heterocycles. The van der Waals surface area contributed by atoms with E-state index in [1.165, 1.54) is 4.88 Å². The van der Waals surface area contributed by atoms with Crippen molar-refractivity contribution in [3.05, 3.63) is 22.4 Å². The van der Waals surface area contributed by atoms with E-state index < -0.39 is 0 Å². The Hall–Kier alpha value is -0.830. The fourth-order valence-electron chi connectivity index (χ4n) is 1.74. The summed E-state index contributed by atoms with van der Waals surface area (Å²) in [6.45, 7) is 6.79. The van der Waals surface area contributed by atoms with E-state index in [0.29, 0.717) is 24.9 Å². The van der Waals surface area contributed by atoms with Crippen LogP contribution >= 0.6 is 11.3 Å². The summed E-state index contributed by atoms with van der Waals surface area (Å²) in [6.07, 6.45) is 2.67. The van der Waals surface area contributed by atoms with Crippen LogP contribution in [0.25, 0.3) is 0 Å². The third-order valence-electron chi connectivity index (χ3n) is 2.57. The van der Waals surface area contributed by atoms with E-state index in [2.05, 4.69) is 32.2 Å². The summed E-state index contributed by atoms with van der Waals surface area (Å²) in [5.74, 6) is 0.676. The highest BCUT2D eigenvalue weighted by Gasteiger charge is 2.17. The number of hydrogen-bond acceptors (Lipinski definition) is 3. The van der Waals surface area contributed by atoms with Crippen LogP contribution in [0.2, 0.25) is 0 Å². The Kier molecular flexibility index (Phi) is 6.27. The molecule has 1 atom stereocenters. The third-order valence-corrected chi connectivity index (χ3v) is 3.61. The van der Waals surface area contributed by atoms with Crippen molar-refractivity contribution >= 4 is 17.3 Å². The normalized spacial score (nSPS) is 12.7. The highest BCUT2D eigenvalue weighted by molar-refractivity contribution is 7.10. The van der Waals surface area contributed by atoms with Gasteiger partial charge in [0, 0.05) is 10.8 Å². The highest BCUT2D eigenvalue weighted by atomic mass is 32.1. The van der Waals surface area contributed by atoms with E-state index >= 15 is 0 Å². The zero-order chi connectivity index (χ0) is 12.7. The molecule has 1 aromatic rings. The van der Waals surface area contributed by atoms with Gasteiger partial charge in [-0.25, -0.2) is 0 Å². The molecule has 1 unspecified atom stereocenters. The third kappa shape index (κ3) is 5.35. The quantitative estimate of drug-likeness (QED) is 0.681. The molecule has 0 aromatic carbocycles. The van der Waals surface area contributed by atoms with E-state index in [9.17, 15) is 4.79 Å². The van der Waals surface area contributed by atoms with Gasteiger partial charge in [0.1, 0.15) is 0 Å². The summed E-state index contributed by atoms with van der Waals surface area (Å²) >= 11 is 1.73. The molecule has 96 valence electrons. The molecular weight excluding hydrogens is 232 g/mol. The van der Waals surface area contributed by atoms with Gasteiger partial charge in [-0.2, -0.15) is 0 Å². The van der Waals surface area contributed by atoms with Crippen LogP contribution in [0.5, 0.6) is 0 Å². The predicted octanol–water partition coefficient (Wildman–Crippen LogP) is 4.22. The second-order valence-electron chi connectivity index (χ2n) is 4.78. The van der Waals surface area contributed by atoms with Gasteiger partial charge >= 0.3 is 5.97 Å². The maximum atomic E-state index is 11.7. The van der Waals surface area contributed by atoms with E-state index in [4.69, 9.17) is 4.74 Å². The molecule has 0 amide bonds. The smallest absolute Gasteiger partial charge is 0.306 e. The van der Waals surface area contributed by atoms with Gasteiger partial charge in [-0.05, 0) is 23.8 Å². The molecule has 0 N–H and O–H groups in total. The Bertz CT molecular complexity index is 317. The van der Waals surface area contributed by atoms with Gasteiger partial charge in [0.05, 0.1) is 13.0 Å². The average Bonchev–Trinajstić information content (AvgIpc) is 2.79. The summed E-state index contributed by atoms with van der Waals surface area (Å²) in [4.78, 5) is 13.0. The van der Waals surface area contributed by atoms with Crippen LogP contribution in [0, 0.1) is 5.92 Å². The number of thiophene rings is 1. The number of esters is 1. The van der Waals surface area contributed by atoms with Gasteiger partial charge in [0.15, 0.2) is 0 Å². The molecule has 17 heavy (non-hydrogen) atoms. The van der Waals surface area contributed by atoms with Crippen LogP contribution in [0.1, 0.15) is 50.8 Å². The van der Waals surface area contributed by atoms with Gasteiger partial charge in [-0.1, -0.05) is 33.3 Å². The maximum Gasteiger partial charge on any atom is 0.306 e. The van der Waals surface area contributed by atoms with Crippen LogP contribution in [0.15, 0.2) is 17.5 Å². The Morgan fingerprint density at radius 1 is 1.47 bits per heavy atom. The molecule has 0 saturated heterocycles. The predicted molar refractivity (Wildman–Crippen MR) is 72.4 cm³/mol. The zero-order valence-corrected chi connectivity index (χ0v) is 11.8. The van der Waals surface area contributed by atoms with Gasteiger partial charge in [0.2, 0.25) is 0 Å². The first-order valence-corrected chi connectivity index (χ1v) is 7.20. The topological polar surface area (TPSA) is 26.3 Å². The van der Waals surface area contributed by atoms with E-state index in [1.54, 1.807) is 11.3 Å². The summed E-state index contributed by atoms with van der Waals surface area (Å²) in [5.41, 5.74) is 0. The van der Waals surface area contributed by atoms with Crippen molar-refractivity contribution in [3.63, 3.8) is 0 Å². The maximum absolute atomic E-state index is 11.7. The van der Waals surface area contributed by atoms with Gasteiger partial charge in [0.25, 0.3) is 0 Å². The number of carbonyl (C=O) groups is 1. The molecule has 0 saturated carbocycles. The molecule has 0 bridgehead atoms. The number of rotatable bonds is 7. The van der Waals surface area contributed by atoms with Crippen molar-refractivity contribution in [1.82, 2.24) is 0 Å². The molecular formula is C14H22O2S. The minimum atomic E-state index is -0.0643. The second-order valence-corrected chi connectivity index (χ2v) is 5.76. The Labute approximate surface area is 108 Å². The van der Waals surface area contributed by atoms with E-state index in [1.807, 2.05) is 6.07 Å². The van der Waals surface area contributed by atoms with Crippen LogP contribution in [0.3, 0.4) is 0 Å². The molecule has 1 rings (SSSR count). The first-order valence-electron chi connectivity index (χ1n) is 6.32. The highest BCUT2D eigenvalue weighted by Crippen LogP contribution is 2.29. The minimum Gasteiger partial charge on any atom is -0.465 e. The average molecular weight is 254 g/mol. The first-order chi connectivity index (χ1) is 8.13. The van der Waals surface area contributed by atoms with E-state index in [-0.39, 0.29) is 5.97 Å². The molecule has 1 heterocycles. The standard InChI is InChI=1S/C14H22O2S/c1-4-6-12(13-7-5-8-17-13)9-14(15)16-10-11(2)3/h5,7-8,11-12H,4,6,9-10H2,1-3H3. The van der Waals surface area contributed by atoms with E-state index in [0.717, 1.165) is 12.8 Å². The number of hydrogen-bond donors (Lipinski definition) is 0. The lowest BCUT2D eigenvalue weighted by Gasteiger charge is -2.14. The van der Waals surface area contributed by atoms with Crippen LogP contribution < -0.4 is 0 Å². The summed E-state index contributed by atoms with van der Waals surface area (Å²) < 4.78 is 5.24. The van der Waals surface area contributed by atoms with Crippen molar-refractivity contribution in [2.24, 2.45) is 5.92 Å². The number of carbonyl (C=O) groups excluding carboxylic acids is 1. The molecule has 0 spiro atoms. The largest absolute Gasteiger partial charge is 0.465 e. The van der Waals surface area contributed by atoms with Crippen molar-refractivity contribution in [3.8, 4) is 0 Å². The molecule has 2 nitrogen and oxygen atoms in total. The molecule has 0 aliphatic rings.